The zero-order valence-electron chi connectivity index (χ0n) is 9.78. The molecule has 0 radical (unpaired) electrons. The van der Waals surface area contributed by atoms with E-state index in [2.05, 4.69) is 4.90 Å². The molecule has 0 aromatic rings. The minimum absolute atomic E-state index is 0.232. The first-order valence-corrected chi connectivity index (χ1v) is 5.67. The Morgan fingerprint density at radius 3 is 2.47 bits per heavy atom. The molecule has 1 aliphatic rings. The fraction of sp³-hybridized carbons (Fsp3) is 0.909. The molecule has 0 bridgehead atoms. The molecule has 1 amide bonds. The molecule has 0 aromatic carbocycles. The lowest BCUT2D eigenvalue weighted by Gasteiger charge is -2.31. The zero-order chi connectivity index (χ0) is 11.3. The second-order valence-electron chi connectivity index (χ2n) is 4.50. The number of piperidine rings is 1. The zero-order valence-corrected chi connectivity index (χ0v) is 9.78. The van der Waals surface area contributed by atoms with Gasteiger partial charge in [-0.05, 0) is 31.8 Å². The Balaban J connectivity index is 2.22. The van der Waals surface area contributed by atoms with E-state index in [-0.39, 0.29) is 12.5 Å². The van der Waals surface area contributed by atoms with Gasteiger partial charge < -0.3 is 14.9 Å². The summed E-state index contributed by atoms with van der Waals surface area (Å²) in [6, 6.07) is 0. The van der Waals surface area contributed by atoms with E-state index in [0.717, 1.165) is 32.5 Å². The number of amides is 1. The third-order valence-electron chi connectivity index (χ3n) is 3.09. The quantitative estimate of drug-likeness (QED) is 0.725. The van der Waals surface area contributed by atoms with Crippen LogP contribution in [0.1, 0.15) is 19.3 Å². The van der Waals surface area contributed by atoms with Gasteiger partial charge in [-0.1, -0.05) is 0 Å². The Kier molecular flexibility index (Phi) is 5.05. The van der Waals surface area contributed by atoms with Gasteiger partial charge in [0, 0.05) is 27.1 Å². The predicted molar refractivity (Wildman–Crippen MR) is 59.6 cm³/mol. The number of aliphatic hydroxyl groups is 1. The third-order valence-corrected chi connectivity index (χ3v) is 3.09. The highest BCUT2D eigenvalue weighted by Gasteiger charge is 2.21. The van der Waals surface area contributed by atoms with E-state index in [1.807, 2.05) is 14.1 Å². The lowest BCUT2D eigenvalue weighted by molar-refractivity contribution is -0.130. The van der Waals surface area contributed by atoms with Gasteiger partial charge in [0.25, 0.3) is 0 Å². The molecule has 4 nitrogen and oxygen atoms in total. The minimum atomic E-state index is 0.232. The molecule has 0 unspecified atom stereocenters. The highest BCUT2D eigenvalue weighted by atomic mass is 16.3. The molecule has 0 aliphatic carbocycles. The fourth-order valence-electron chi connectivity index (χ4n) is 1.99. The monoisotopic (exact) mass is 214 g/mol. The molecule has 0 saturated carbocycles. The number of hydrogen-bond donors (Lipinski definition) is 1. The van der Waals surface area contributed by atoms with Crippen LogP contribution in [0.4, 0.5) is 0 Å². The largest absolute Gasteiger partial charge is 0.395 e. The highest BCUT2D eigenvalue weighted by molar-refractivity contribution is 5.75. The number of nitrogens with zero attached hydrogens (tertiary/aromatic N) is 2. The van der Waals surface area contributed by atoms with Crippen LogP contribution >= 0.6 is 0 Å². The van der Waals surface area contributed by atoms with E-state index >= 15 is 0 Å². The number of aliphatic hydroxyl groups excluding tert-OH is 1. The number of carbonyl (C=O) groups is 1. The summed E-state index contributed by atoms with van der Waals surface area (Å²) < 4.78 is 0. The molecular weight excluding hydrogens is 192 g/mol. The van der Waals surface area contributed by atoms with Crippen LogP contribution in [-0.4, -0.2) is 61.2 Å². The maximum absolute atomic E-state index is 11.5. The Morgan fingerprint density at radius 1 is 1.40 bits per heavy atom. The number of rotatable bonds is 4. The molecule has 1 aliphatic heterocycles. The van der Waals surface area contributed by atoms with Crippen molar-refractivity contribution < 1.29 is 9.90 Å². The van der Waals surface area contributed by atoms with Gasteiger partial charge in [-0.3, -0.25) is 4.79 Å². The molecule has 1 rings (SSSR count). The van der Waals surface area contributed by atoms with Gasteiger partial charge >= 0.3 is 0 Å². The van der Waals surface area contributed by atoms with Crippen LogP contribution in [0.2, 0.25) is 0 Å². The van der Waals surface area contributed by atoms with Gasteiger partial charge in [-0.2, -0.15) is 0 Å². The average molecular weight is 214 g/mol. The van der Waals surface area contributed by atoms with Crippen LogP contribution in [0, 0.1) is 5.92 Å². The maximum atomic E-state index is 11.5. The summed E-state index contributed by atoms with van der Waals surface area (Å²) in [4.78, 5) is 15.4. The first kappa shape index (κ1) is 12.5. The molecule has 1 N–H and O–H groups in total. The second-order valence-corrected chi connectivity index (χ2v) is 4.50. The van der Waals surface area contributed by atoms with Crippen LogP contribution in [-0.2, 0) is 4.79 Å². The molecule has 0 spiro atoms. The topological polar surface area (TPSA) is 43.8 Å². The molecule has 88 valence electrons. The van der Waals surface area contributed by atoms with Crippen molar-refractivity contribution in [2.75, 3.05) is 40.3 Å². The van der Waals surface area contributed by atoms with E-state index < -0.39 is 0 Å². The third kappa shape index (κ3) is 4.18. The number of likely N-dealkylation sites (tertiary alicyclic amines) is 1. The van der Waals surface area contributed by atoms with Crippen molar-refractivity contribution in [3.05, 3.63) is 0 Å². The summed E-state index contributed by atoms with van der Waals surface area (Å²) in [6.45, 7) is 3.05. The molecule has 1 fully saturated rings. The van der Waals surface area contributed by atoms with Crippen molar-refractivity contribution in [3.8, 4) is 0 Å². The Hall–Kier alpha value is -0.610. The molecule has 0 atom stereocenters. The molecule has 4 heteroatoms. The predicted octanol–water partition coefficient (Wildman–Crippen LogP) is 0.169. The summed E-state index contributed by atoms with van der Waals surface area (Å²) in [5, 5.41) is 8.80. The lowest BCUT2D eigenvalue weighted by atomic mass is 9.93. The SMILES string of the molecule is CN(C)C(=O)CC1CCN(CCO)CC1. The van der Waals surface area contributed by atoms with Crippen LogP contribution in [0.3, 0.4) is 0 Å². The highest BCUT2D eigenvalue weighted by Crippen LogP contribution is 2.20. The maximum Gasteiger partial charge on any atom is 0.222 e. The summed E-state index contributed by atoms with van der Waals surface area (Å²) in [5.41, 5.74) is 0. The van der Waals surface area contributed by atoms with Gasteiger partial charge in [0.1, 0.15) is 0 Å². The molecular formula is C11H22N2O2. The first-order valence-electron chi connectivity index (χ1n) is 5.67. The van der Waals surface area contributed by atoms with E-state index in [9.17, 15) is 4.79 Å². The Bertz CT molecular complexity index is 199. The number of β-amino-alcohol motifs (C(OH)–C–C–N with tert-alkyl or cyclic N) is 1. The molecule has 15 heavy (non-hydrogen) atoms. The fourth-order valence-corrected chi connectivity index (χ4v) is 1.99. The summed E-state index contributed by atoms with van der Waals surface area (Å²) >= 11 is 0. The molecule has 1 heterocycles. The van der Waals surface area contributed by atoms with Crippen molar-refractivity contribution in [1.29, 1.82) is 0 Å². The van der Waals surface area contributed by atoms with E-state index in [1.165, 1.54) is 0 Å². The van der Waals surface area contributed by atoms with Crippen LogP contribution in [0.15, 0.2) is 0 Å². The summed E-state index contributed by atoms with van der Waals surface area (Å²) in [5.74, 6) is 0.769. The van der Waals surface area contributed by atoms with Crippen molar-refractivity contribution in [2.45, 2.75) is 19.3 Å². The summed E-state index contributed by atoms with van der Waals surface area (Å²) in [6.07, 6.45) is 2.85. The minimum Gasteiger partial charge on any atom is -0.395 e. The van der Waals surface area contributed by atoms with Crippen LogP contribution < -0.4 is 0 Å². The molecule has 1 saturated heterocycles. The normalized spacial score (nSPS) is 19.1. The number of carbonyl (C=O) groups excluding carboxylic acids is 1. The van der Waals surface area contributed by atoms with Gasteiger partial charge in [-0.15, -0.1) is 0 Å². The van der Waals surface area contributed by atoms with E-state index in [1.54, 1.807) is 4.90 Å². The van der Waals surface area contributed by atoms with E-state index in [0.29, 0.717) is 12.3 Å². The second kappa shape index (κ2) is 6.08. The Labute approximate surface area is 91.9 Å². The standard InChI is InChI=1S/C11H22N2O2/c1-12(2)11(15)9-10-3-5-13(6-4-10)7-8-14/h10,14H,3-9H2,1-2H3. The van der Waals surface area contributed by atoms with Crippen molar-refractivity contribution >= 4 is 5.91 Å². The van der Waals surface area contributed by atoms with Crippen molar-refractivity contribution in [3.63, 3.8) is 0 Å². The van der Waals surface area contributed by atoms with Crippen LogP contribution in [0.25, 0.3) is 0 Å². The van der Waals surface area contributed by atoms with E-state index in [4.69, 9.17) is 5.11 Å². The van der Waals surface area contributed by atoms with Gasteiger partial charge in [0.05, 0.1) is 6.61 Å². The Morgan fingerprint density at radius 2 is 2.00 bits per heavy atom. The smallest absolute Gasteiger partial charge is 0.222 e. The lowest BCUT2D eigenvalue weighted by Crippen LogP contribution is -2.37. The van der Waals surface area contributed by atoms with Crippen molar-refractivity contribution in [2.24, 2.45) is 5.92 Å². The first-order chi connectivity index (χ1) is 7.13. The summed E-state index contributed by atoms with van der Waals surface area (Å²) in [7, 11) is 3.62. The van der Waals surface area contributed by atoms with Crippen molar-refractivity contribution in [1.82, 2.24) is 9.80 Å². The number of hydrogen-bond acceptors (Lipinski definition) is 3. The van der Waals surface area contributed by atoms with Gasteiger partial charge in [0.2, 0.25) is 5.91 Å². The van der Waals surface area contributed by atoms with Gasteiger partial charge in [-0.25, -0.2) is 0 Å². The van der Waals surface area contributed by atoms with Gasteiger partial charge in [0.15, 0.2) is 0 Å². The van der Waals surface area contributed by atoms with Crippen LogP contribution in [0.5, 0.6) is 0 Å². The molecule has 0 aromatic heterocycles. The average Bonchev–Trinajstić information content (AvgIpc) is 2.21.